The summed E-state index contributed by atoms with van der Waals surface area (Å²) in [5, 5.41) is 14.1. The third kappa shape index (κ3) is 6.61. The molecule has 3 aromatic rings. The van der Waals surface area contributed by atoms with Crippen LogP contribution in [0.4, 0.5) is 14.9 Å². The summed E-state index contributed by atoms with van der Waals surface area (Å²) in [5.74, 6) is -2.33. The third-order valence-electron chi connectivity index (χ3n) is 6.89. The van der Waals surface area contributed by atoms with Crippen molar-refractivity contribution in [1.29, 1.82) is 0 Å². The van der Waals surface area contributed by atoms with Crippen molar-refractivity contribution < 1.29 is 28.6 Å². The monoisotopic (exact) mass is 533 g/mol. The molecule has 0 radical (unpaired) electrons. The second-order valence-corrected chi connectivity index (χ2v) is 10.4. The summed E-state index contributed by atoms with van der Waals surface area (Å²) in [6, 6.07) is 19.7. The second-order valence-electron chi connectivity index (χ2n) is 10.4. The van der Waals surface area contributed by atoms with Gasteiger partial charge in [0.2, 0.25) is 5.91 Å². The Morgan fingerprint density at radius 1 is 1.03 bits per heavy atom. The van der Waals surface area contributed by atoms with E-state index in [4.69, 9.17) is 10.5 Å². The van der Waals surface area contributed by atoms with Gasteiger partial charge in [-0.25, -0.2) is 9.18 Å². The Balaban J connectivity index is 1.26. The molecule has 0 bridgehead atoms. The van der Waals surface area contributed by atoms with E-state index in [9.17, 15) is 23.9 Å². The summed E-state index contributed by atoms with van der Waals surface area (Å²) >= 11 is 0. The van der Waals surface area contributed by atoms with E-state index >= 15 is 0 Å². The standard InChI is InChI=1S/C30H32FN3O5/c1-30(2,28(36)37)15-19(32)13-18-11-12-26(25(31)14-18)34-27(35)16-33-29(38)39-17-24-22-9-5-3-7-20(22)21-8-4-6-10-23(21)24/h3-12,14,19,24H,13,15-17,32H2,1-2H3,(H,33,38)(H,34,35)(H,36,37)/t19-/m0/s1. The second kappa shape index (κ2) is 11.7. The zero-order valence-corrected chi connectivity index (χ0v) is 21.9. The predicted octanol–water partition coefficient (Wildman–Crippen LogP) is 4.67. The number of carboxylic acid groups (broad SMARTS) is 1. The first kappa shape index (κ1) is 27.8. The van der Waals surface area contributed by atoms with Crippen LogP contribution in [0.1, 0.15) is 42.9 Å². The number of halogens is 1. The van der Waals surface area contributed by atoms with Crippen LogP contribution >= 0.6 is 0 Å². The largest absolute Gasteiger partial charge is 0.481 e. The van der Waals surface area contributed by atoms with Crippen molar-refractivity contribution in [2.75, 3.05) is 18.5 Å². The fourth-order valence-electron chi connectivity index (χ4n) is 4.90. The number of anilines is 1. The van der Waals surface area contributed by atoms with E-state index in [1.54, 1.807) is 19.9 Å². The molecule has 0 unspecified atom stereocenters. The summed E-state index contributed by atoms with van der Waals surface area (Å²) in [6.07, 6.45) is -0.240. The Labute approximate surface area is 226 Å². The topological polar surface area (TPSA) is 131 Å². The molecule has 3 aromatic carbocycles. The lowest BCUT2D eigenvalue weighted by Gasteiger charge is -2.23. The Morgan fingerprint density at radius 2 is 1.64 bits per heavy atom. The van der Waals surface area contributed by atoms with Gasteiger partial charge in [-0.05, 0) is 66.6 Å². The van der Waals surface area contributed by atoms with Crippen LogP contribution in [-0.4, -0.2) is 42.3 Å². The van der Waals surface area contributed by atoms with Gasteiger partial charge in [-0.3, -0.25) is 9.59 Å². The van der Waals surface area contributed by atoms with Gasteiger partial charge in [0.15, 0.2) is 0 Å². The number of hydrogen-bond donors (Lipinski definition) is 4. The lowest BCUT2D eigenvalue weighted by molar-refractivity contribution is -0.147. The molecule has 39 heavy (non-hydrogen) atoms. The van der Waals surface area contributed by atoms with Crippen molar-refractivity contribution in [2.24, 2.45) is 11.1 Å². The normalized spacial score (nSPS) is 13.2. The fourth-order valence-corrected chi connectivity index (χ4v) is 4.90. The molecule has 0 aliphatic heterocycles. The summed E-state index contributed by atoms with van der Waals surface area (Å²) in [6.45, 7) is 2.90. The molecule has 1 aliphatic rings. The quantitative estimate of drug-likeness (QED) is 0.300. The molecular formula is C30H32FN3O5. The highest BCUT2D eigenvalue weighted by Gasteiger charge is 2.30. The van der Waals surface area contributed by atoms with E-state index in [2.05, 4.69) is 10.6 Å². The van der Waals surface area contributed by atoms with Crippen LogP contribution in [0.3, 0.4) is 0 Å². The molecule has 4 rings (SSSR count). The van der Waals surface area contributed by atoms with E-state index in [1.807, 2.05) is 48.5 Å². The Hall–Kier alpha value is -4.24. The van der Waals surface area contributed by atoms with Gasteiger partial charge in [-0.1, -0.05) is 54.6 Å². The molecule has 1 atom stereocenters. The number of fused-ring (bicyclic) bond motifs is 3. The van der Waals surface area contributed by atoms with E-state index in [-0.39, 0.29) is 31.1 Å². The number of nitrogens with one attached hydrogen (secondary N) is 2. The number of carboxylic acids is 1. The van der Waals surface area contributed by atoms with Crippen LogP contribution in [0.25, 0.3) is 11.1 Å². The molecule has 0 saturated carbocycles. The van der Waals surface area contributed by atoms with Crippen molar-refractivity contribution in [3.63, 3.8) is 0 Å². The molecule has 2 amide bonds. The molecule has 0 aromatic heterocycles. The van der Waals surface area contributed by atoms with Gasteiger partial charge in [0.1, 0.15) is 19.0 Å². The minimum absolute atomic E-state index is 0.0440. The summed E-state index contributed by atoms with van der Waals surface area (Å²) in [7, 11) is 0. The smallest absolute Gasteiger partial charge is 0.407 e. The molecule has 9 heteroatoms. The summed E-state index contributed by atoms with van der Waals surface area (Å²) < 4.78 is 20.0. The van der Waals surface area contributed by atoms with Crippen LogP contribution in [0.5, 0.6) is 0 Å². The van der Waals surface area contributed by atoms with Gasteiger partial charge in [0.25, 0.3) is 0 Å². The Kier molecular flexibility index (Phi) is 8.30. The van der Waals surface area contributed by atoms with E-state index in [1.165, 1.54) is 12.1 Å². The zero-order valence-electron chi connectivity index (χ0n) is 21.9. The third-order valence-corrected chi connectivity index (χ3v) is 6.89. The molecular weight excluding hydrogens is 501 g/mol. The first-order valence-corrected chi connectivity index (χ1v) is 12.7. The van der Waals surface area contributed by atoms with E-state index < -0.39 is 41.8 Å². The highest BCUT2D eigenvalue weighted by molar-refractivity contribution is 5.94. The maximum atomic E-state index is 14.6. The lowest BCUT2D eigenvalue weighted by atomic mass is 9.84. The number of ether oxygens (including phenoxy) is 1. The molecule has 1 aliphatic carbocycles. The summed E-state index contributed by atoms with van der Waals surface area (Å²) in [4.78, 5) is 35.9. The molecule has 0 heterocycles. The van der Waals surface area contributed by atoms with Crippen molar-refractivity contribution in [2.45, 2.75) is 38.6 Å². The van der Waals surface area contributed by atoms with Gasteiger partial charge < -0.3 is 26.2 Å². The lowest BCUT2D eigenvalue weighted by Crippen LogP contribution is -2.34. The molecule has 0 saturated heterocycles. The maximum absolute atomic E-state index is 14.6. The van der Waals surface area contributed by atoms with Crippen LogP contribution < -0.4 is 16.4 Å². The number of carbonyl (C=O) groups is 3. The predicted molar refractivity (Wildman–Crippen MR) is 146 cm³/mol. The first-order chi connectivity index (χ1) is 18.5. The van der Waals surface area contributed by atoms with E-state index in [0.717, 1.165) is 22.3 Å². The number of aliphatic carboxylic acids is 1. The van der Waals surface area contributed by atoms with Crippen LogP contribution in [0.2, 0.25) is 0 Å². The highest BCUT2D eigenvalue weighted by Crippen LogP contribution is 2.44. The number of benzene rings is 3. The highest BCUT2D eigenvalue weighted by atomic mass is 19.1. The van der Waals surface area contributed by atoms with Crippen LogP contribution in [0.15, 0.2) is 66.7 Å². The molecule has 8 nitrogen and oxygen atoms in total. The van der Waals surface area contributed by atoms with Crippen molar-refractivity contribution in [3.05, 3.63) is 89.2 Å². The van der Waals surface area contributed by atoms with E-state index in [0.29, 0.717) is 5.56 Å². The number of nitrogens with two attached hydrogens (primary N) is 1. The van der Waals surface area contributed by atoms with Crippen molar-refractivity contribution in [3.8, 4) is 11.1 Å². The van der Waals surface area contributed by atoms with Gasteiger partial charge in [0.05, 0.1) is 11.1 Å². The SMILES string of the molecule is CC(C)(C[C@@H](N)Cc1ccc(NC(=O)CNC(=O)OCC2c3ccccc3-c3ccccc32)c(F)c1)C(=O)O. The maximum Gasteiger partial charge on any atom is 0.407 e. The Bertz CT molecular complexity index is 1350. The number of carbonyl (C=O) groups excluding carboxylic acids is 2. The van der Waals surface area contributed by atoms with Crippen LogP contribution in [0, 0.1) is 11.2 Å². The first-order valence-electron chi connectivity index (χ1n) is 12.7. The van der Waals surface area contributed by atoms with Gasteiger partial charge in [-0.2, -0.15) is 0 Å². The number of amides is 2. The van der Waals surface area contributed by atoms with Gasteiger partial charge in [-0.15, -0.1) is 0 Å². The number of rotatable bonds is 10. The molecule has 5 N–H and O–H groups in total. The molecule has 204 valence electrons. The summed E-state index contributed by atoms with van der Waals surface area (Å²) in [5.41, 5.74) is 9.99. The average molecular weight is 534 g/mol. The minimum atomic E-state index is -0.994. The molecule has 0 fully saturated rings. The number of alkyl carbamates (subject to hydrolysis) is 1. The number of hydrogen-bond acceptors (Lipinski definition) is 5. The van der Waals surface area contributed by atoms with Crippen molar-refractivity contribution in [1.82, 2.24) is 5.32 Å². The van der Waals surface area contributed by atoms with Crippen LogP contribution in [-0.2, 0) is 20.7 Å². The van der Waals surface area contributed by atoms with Gasteiger partial charge >= 0.3 is 12.1 Å². The minimum Gasteiger partial charge on any atom is -0.481 e. The van der Waals surface area contributed by atoms with Crippen molar-refractivity contribution >= 4 is 23.7 Å². The molecule has 0 spiro atoms. The fraction of sp³-hybridized carbons (Fsp3) is 0.300. The Morgan fingerprint density at radius 3 is 2.23 bits per heavy atom. The average Bonchev–Trinajstić information content (AvgIpc) is 3.21. The van der Waals surface area contributed by atoms with Gasteiger partial charge in [0, 0.05) is 12.0 Å². The zero-order chi connectivity index (χ0) is 28.2.